The summed E-state index contributed by atoms with van der Waals surface area (Å²) in [6.45, 7) is 6.10. The largest absolute Gasteiger partial charge is 0.506 e. The number of aliphatic hydroxyl groups is 1. The maximum absolute atomic E-state index is 10.7. The van der Waals surface area contributed by atoms with E-state index in [1.807, 2.05) is 13.0 Å². The molecule has 1 heterocycles. The van der Waals surface area contributed by atoms with Gasteiger partial charge in [-0.1, -0.05) is 6.58 Å². The van der Waals surface area contributed by atoms with E-state index in [2.05, 4.69) is 16.9 Å². The number of nitrogens with zero attached hydrogens (tertiary/aromatic N) is 1. The molecule has 0 amide bonds. The lowest BCUT2D eigenvalue weighted by atomic mass is 10.0. The number of hydrogen-bond donors (Lipinski definition) is 2. The standard InChI is InChI=1S/C12H16N2O2/c1-3-13-5-4-10-6-11(8-15)14-12(7-10)9(2)16/h4-5,7-8,11,14,16H,2-3,6H2,1H3/b10-4-,13-5?. The van der Waals surface area contributed by atoms with Crippen LogP contribution in [0.5, 0.6) is 0 Å². The lowest BCUT2D eigenvalue weighted by molar-refractivity contribution is -0.109. The summed E-state index contributed by atoms with van der Waals surface area (Å²) in [5.41, 5.74) is 1.43. The molecule has 4 nitrogen and oxygen atoms in total. The fourth-order valence-corrected chi connectivity index (χ4v) is 1.41. The van der Waals surface area contributed by atoms with Crippen LogP contribution in [0.3, 0.4) is 0 Å². The third-order valence-electron chi connectivity index (χ3n) is 2.18. The first-order chi connectivity index (χ1) is 7.67. The molecule has 1 rings (SSSR count). The highest BCUT2D eigenvalue weighted by Gasteiger charge is 2.17. The van der Waals surface area contributed by atoms with Gasteiger partial charge in [0, 0.05) is 12.8 Å². The van der Waals surface area contributed by atoms with E-state index in [0.717, 1.165) is 18.4 Å². The molecule has 1 atom stereocenters. The number of carbonyl (C=O) groups excluding carboxylic acids is 1. The van der Waals surface area contributed by atoms with Crippen LogP contribution in [0.15, 0.2) is 40.8 Å². The summed E-state index contributed by atoms with van der Waals surface area (Å²) in [4.78, 5) is 14.8. The zero-order chi connectivity index (χ0) is 12.0. The van der Waals surface area contributed by atoms with Gasteiger partial charge >= 0.3 is 0 Å². The van der Waals surface area contributed by atoms with Crippen molar-refractivity contribution in [2.45, 2.75) is 19.4 Å². The maximum atomic E-state index is 10.7. The Morgan fingerprint density at radius 2 is 2.56 bits per heavy atom. The molecule has 1 aliphatic rings. The average molecular weight is 220 g/mol. The minimum absolute atomic E-state index is 0.0649. The van der Waals surface area contributed by atoms with Crippen molar-refractivity contribution >= 4 is 12.5 Å². The number of nitrogens with one attached hydrogen (secondary N) is 1. The lowest BCUT2D eigenvalue weighted by Gasteiger charge is -2.22. The topological polar surface area (TPSA) is 61.7 Å². The van der Waals surface area contributed by atoms with E-state index >= 15 is 0 Å². The Labute approximate surface area is 95.1 Å². The van der Waals surface area contributed by atoms with E-state index in [-0.39, 0.29) is 11.8 Å². The van der Waals surface area contributed by atoms with E-state index in [0.29, 0.717) is 12.1 Å². The van der Waals surface area contributed by atoms with E-state index in [1.165, 1.54) is 0 Å². The summed E-state index contributed by atoms with van der Waals surface area (Å²) in [6.07, 6.45) is 6.72. The van der Waals surface area contributed by atoms with Gasteiger partial charge in [-0.2, -0.15) is 0 Å². The first-order valence-electron chi connectivity index (χ1n) is 5.18. The third-order valence-corrected chi connectivity index (χ3v) is 2.18. The summed E-state index contributed by atoms with van der Waals surface area (Å²) < 4.78 is 0. The van der Waals surface area contributed by atoms with Crippen molar-refractivity contribution in [3.05, 3.63) is 35.8 Å². The molecule has 1 unspecified atom stereocenters. The van der Waals surface area contributed by atoms with E-state index in [9.17, 15) is 9.90 Å². The van der Waals surface area contributed by atoms with Crippen LogP contribution < -0.4 is 5.32 Å². The van der Waals surface area contributed by atoms with Crippen LogP contribution in [0.4, 0.5) is 0 Å². The van der Waals surface area contributed by atoms with Crippen molar-refractivity contribution in [2.24, 2.45) is 4.99 Å². The van der Waals surface area contributed by atoms with Gasteiger partial charge in [0.1, 0.15) is 12.0 Å². The van der Waals surface area contributed by atoms with Crippen molar-refractivity contribution in [1.82, 2.24) is 5.32 Å². The second-order valence-electron chi connectivity index (χ2n) is 3.49. The molecule has 16 heavy (non-hydrogen) atoms. The molecule has 0 aromatic carbocycles. The number of carbonyl (C=O) groups is 1. The number of aliphatic imine (C=N–C) groups is 1. The van der Waals surface area contributed by atoms with E-state index in [1.54, 1.807) is 12.3 Å². The Kier molecular flexibility index (Phi) is 4.51. The van der Waals surface area contributed by atoms with Gasteiger partial charge in [0.05, 0.1) is 11.7 Å². The number of hydrogen-bond acceptors (Lipinski definition) is 4. The average Bonchev–Trinajstić information content (AvgIpc) is 2.29. The van der Waals surface area contributed by atoms with Crippen molar-refractivity contribution in [3.8, 4) is 0 Å². The van der Waals surface area contributed by atoms with Gasteiger partial charge in [-0.05, 0) is 31.1 Å². The Hall–Kier alpha value is -1.84. The molecule has 4 heteroatoms. The molecule has 0 radical (unpaired) electrons. The Morgan fingerprint density at radius 1 is 1.81 bits per heavy atom. The Bertz CT molecular complexity index is 367. The molecule has 2 N–H and O–H groups in total. The van der Waals surface area contributed by atoms with Crippen molar-refractivity contribution in [1.29, 1.82) is 0 Å². The van der Waals surface area contributed by atoms with Crippen LogP contribution in [0.25, 0.3) is 0 Å². The second-order valence-corrected chi connectivity index (χ2v) is 3.49. The predicted octanol–water partition coefficient (Wildman–Crippen LogP) is 1.52. The van der Waals surface area contributed by atoms with E-state index in [4.69, 9.17) is 0 Å². The molecule has 0 aromatic rings. The van der Waals surface area contributed by atoms with Crippen molar-refractivity contribution < 1.29 is 9.90 Å². The molecule has 0 aromatic heterocycles. The van der Waals surface area contributed by atoms with Gasteiger partial charge in [0.2, 0.25) is 0 Å². The summed E-state index contributed by atoms with van der Waals surface area (Å²) >= 11 is 0. The zero-order valence-corrected chi connectivity index (χ0v) is 9.31. The third kappa shape index (κ3) is 3.38. The second kappa shape index (κ2) is 5.90. The van der Waals surface area contributed by atoms with Crippen LogP contribution >= 0.6 is 0 Å². The minimum atomic E-state index is -0.315. The number of aldehydes is 1. The number of aliphatic hydroxyl groups excluding tert-OH is 1. The lowest BCUT2D eigenvalue weighted by Crippen LogP contribution is -2.34. The highest BCUT2D eigenvalue weighted by Crippen LogP contribution is 2.17. The van der Waals surface area contributed by atoms with Crippen LogP contribution in [-0.2, 0) is 4.79 Å². The summed E-state index contributed by atoms with van der Waals surface area (Å²) in [5, 5.41) is 12.2. The Morgan fingerprint density at radius 3 is 3.12 bits per heavy atom. The van der Waals surface area contributed by atoms with Gasteiger partial charge in [0.25, 0.3) is 0 Å². The first kappa shape index (κ1) is 12.2. The molecular weight excluding hydrogens is 204 g/mol. The predicted molar refractivity (Wildman–Crippen MR) is 64.6 cm³/mol. The molecule has 86 valence electrons. The summed E-state index contributed by atoms with van der Waals surface area (Å²) in [7, 11) is 0. The molecule has 0 bridgehead atoms. The zero-order valence-electron chi connectivity index (χ0n) is 9.31. The fraction of sp³-hybridized carbons (Fsp3) is 0.333. The molecule has 0 fully saturated rings. The maximum Gasteiger partial charge on any atom is 0.142 e. The summed E-state index contributed by atoms with van der Waals surface area (Å²) in [5.74, 6) is -0.0649. The molecule has 0 saturated heterocycles. The van der Waals surface area contributed by atoms with Crippen molar-refractivity contribution in [2.75, 3.05) is 6.54 Å². The van der Waals surface area contributed by atoms with Gasteiger partial charge in [0.15, 0.2) is 0 Å². The SMILES string of the molecule is C=C(O)C1=C/C(=C\C=NCC)CC(C=O)N1. The normalized spacial score (nSPS) is 22.9. The van der Waals surface area contributed by atoms with Crippen molar-refractivity contribution in [3.63, 3.8) is 0 Å². The highest BCUT2D eigenvalue weighted by atomic mass is 16.3. The van der Waals surface area contributed by atoms with Gasteiger partial charge in [-0.25, -0.2) is 0 Å². The van der Waals surface area contributed by atoms with Crippen LogP contribution in [-0.4, -0.2) is 30.2 Å². The molecule has 1 aliphatic heterocycles. The van der Waals surface area contributed by atoms with E-state index < -0.39 is 0 Å². The molecule has 0 aliphatic carbocycles. The van der Waals surface area contributed by atoms with Gasteiger partial charge in [-0.3, -0.25) is 4.99 Å². The highest BCUT2D eigenvalue weighted by molar-refractivity contribution is 5.74. The van der Waals surface area contributed by atoms with Crippen LogP contribution in [0.2, 0.25) is 0 Å². The van der Waals surface area contributed by atoms with Crippen LogP contribution in [0.1, 0.15) is 13.3 Å². The minimum Gasteiger partial charge on any atom is -0.506 e. The Balaban J connectivity index is 2.88. The van der Waals surface area contributed by atoms with Crippen LogP contribution in [0, 0.1) is 0 Å². The smallest absolute Gasteiger partial charge is 0.142 e. The number of allylic oxidation sites excluding steroid dienone is 2. The molecule has 0 saturated carbocycles. The fourth-order valence-electron chi connectivity index (χ4n) is 1.41. The molecule has 0 spiro atoms. The van der Waals surface area contributed by atoms with Gasteiger partial charge < -0.3 is 15.2 Å². The molecular formula is C12H16N2O2. The van der Waals surface area contributed by atoms with Gasteiger partial charge in [-0.15, -0.1) is 0 Å². The monoisotopic (exact) mass is 220 g/mol. The number of rotatable bonds is 4. The quantitative estimate of drug-likeness (QED) is 0.429. The summed E-state index contributed by atoms with van der Waals surface area (Å²) in [6, 6.07) is -0.315. The first-order valence-corrected chi connectivity index (χ1v) is 5.18.